The monoisotopic (exact) mass is 212 g/mol. The van der Waals surface area contributed by atoms with Crippen LogP contribution in [0.5, 0.6) is 0 Å². The zero-order chi connectivity index (χ0) is 10.8. The van der Waals surface area contributed by atoms with E-state index >= 15 is 0 Å². The van der Waals surface area contributed by atoms with Crippen LogP contribution in [0.1, 0.15) is 0 Å². The van der Waals surface area contributed by atoms with Gasteiger partial charge in [-0.05, 0) is 28.6 Å². The number of hydrogen-bond acceptors (Lipinski definition) is 5. The van der Waals surface area contributed by atoms with Crippen LogP contribution in [-0.4, -0.2) is 25.0 Å². The highest BCUT2D eigenvalue weighted by molar-refractivity contribution is 5.56. The van der Waals surface area contributed by atoms with Gasteiger partial charge in [-0.2, -0.15) is 9.50 Å². The van der Waals surface area contributed by atoms with Gasteiger partial charge in [0.15, 0.2) is 0 Å². The number of benzene rings is 1. The molecule has 1 N–H and O–H groups in total. The number of aromatic nitrogens is 5. The zero-order valence-electron chi connectivity index (χ0n) is 8.28. The Bertz CT molecular complexity index is 603. The highest BCUT2D eigenvalue weighted by Crippen LogP contribution is 2.13. The third-order valence-corrected chi connectivity index (χ3v) is 2.12. The Kier molecular flexibility index (Phi) is 1.96. The maximum absolute atomic E-state index is 4.25. The van der Waals surface area contributed by atoms with Gasteiger partial charge in [0.1, 0.15) is 5.82 Å². The summed E-state index contributed by atoms with van der Waals surface area (Å²) in [5.41, 5.74) is 0.979. The maximum Gasteiger partial charge on any atom is 0.275 e. The van der Waals surface area contributed by atoms with Gasteiger partial charge in [0, 0.05) is 11.9 Å². The van der Waals surface area contributed by atoms with Crippen LogP contribution in [0, 0.1) is 0 Å². The van der Waals surface area contributed by atoms with E-state index in [2.05, 4.69) is 25.8 Å². The van der Waals surface area contributed by atoms with Crippen molar-refractivity contribution in [3.05, 3.63) is 42.6 Å². The minimum Gasteiger partial charge on any atom is -0.340 e. The minimum absolute atomic E-state index is 0.473. The van der Waals surface area contributed by atoms with Crippen molar-refractivity contribution in [1.82, 2.24) is 25.0 Å². The van der Waals surface area contributed by atoms with Crippen molar-refractivity contribution in [2.45, 2.75) is 0 Å². The molecule has 0 saturated carbocycles. The lowest BCUT2D eigenvalue weighted by atomic mass is 10.3. The topological polar surface area (TPSA) is 68.0 Å². The van der Waals surface area contributed by atoms with E-state index in [0.29, 0.717) is 11.6 Å². The largest absolute Gasteiger partial charge is 0.340 e. The van der Waals surface area contributed by atoms with Gasteiger partial charge in [-0.3, -0.25) is 0 Å². The van der Waals surface area contributed by atoms with Crippen molar-refractivity contribution >= 4 is 17.3 Å². The molecule has 3 aromatic rings. The number of anilines is 2. The predicted molar refractivity (Wildman–Crippen MR) is 58.3 cm³/mol. The molecular weight excluding hydrogens is 204 g/mol. The Labute approximate surface area is 90.9 Å². The van der Waals surface area contributed by atoms with E-state index in [1.165, 1.54) is 4.52 Å². The van der Waals surface area contributed by atoms with E-state index in [4.69, 9.17) is 0 Å². The fraction of sp³-hybridized carbons (Fsp3) is 0. The molecule has 16 heavy (non-hydrogen) atoms. The summed E-state index contributed by atoms with van der Waals surface area (Å²) in [4.78, 5) is 4.25. The Morgan fingerprint density at radius 1 is 1.06 bits per heavy atom. The van der Waals surface area contributed by atoms with Crippen molar-refractivity contribution in [2.24, 2.45) is 0 Å². The fourth-order valence-corrected chi connectivity index (χ4v) is 1.38. The van der Waals surface area contributed by atoms with Gasteiger partial charge in [-0.25, -0.2) is 0 Å². The quantitative estimate of drug-likeness (QED) is 0.692. The summed E-state index contributed by atoms with van der Waals surface area (Å²) in [6.07, 6.45) is 1.76. The van der Waals surface area contributed by atoms with Gasteiger partial charge in [0.25, 0.3) is 5.78 Å². The first-order chi connectivity index (χ1) is 7.92. The highest BCUT2D eigenvalue weighted by atomic mass is 15.5. The molecule has 0 amide bonds. The summed E-state index contributed by atoms with van der Waals surface area (Å²) in [5.74, 6) is 1.19. The molecule has 1 aromatic carbocycles. The number of nitrogens with zero attached hydrogens (tertiary/aromatic N) is 5. The van der Waals surface area contributed by atoms with Crippen LogP contribution < -0.4 is 5.32 Å². The number of nitrogens with one attached hydrogen (secondary N) is 1. The first-order valence-corrected chi connectivity index (χ1v) is 4.79. The molecule has 6 heteroatoms. The second-order valence-corrected chi connectivity index (χ2v) is 3.23. The van der Waals surface area contributed by atoms with Crippen molar-refractivity contribution < 1.29 is 0 Å². The summed E-state index contributed by atoms with van der Waals surface area (Å²) in [6, 6.07) is 11.6. The molecular formula is C10H8N6. The predicted octanol–water partition coefficient (Wildman–Crippen LogP) is 1.26. The molecule has 0 bridgehead atoms. The molecule has 0 unspecified atom stereocenters. The second kappa shape index (κ2) is 3.58. The van der Waals surface area contributed by atoms with Crippen LogP contribution >= 0.6 is 0 Å². The molecule has 0 atom stereocenters. The molecule has 6 nitrogen and oxygen atoms in total. The fourth-order valence-electron chi connectivity index (χ4n) is 1.38. The number of hydrogen-bond donors (Lipinski definition) is 1. The molecule has 2 heterocycles. The number of rotatable bonds is 2. The molecule has 0 fully saturated rings. The van der Waals surface area contributed by atoms with Crippen molar-refractivity contribution in [1.29, 1.82) is 0 Å². The summed E-state index contributed by atoms with van der Waals surface area (Å²) in [6.45, 7) is 0. The molecule has 0 spiro atoms. The van der Waals surface area contributed by atoms with Crippen LogP contribution in [0.2, 0.25) is 0 Å². The lowest BCUT2D eigenvalue weighted by Crippen LogP contribution is -1.96. The van der Waals surface area contributed by atoms with Gasteiger partial charge >= 0.3 is 0 Å². The molecule has 0 aliphatic heterocycles. The third-order valence-electron chi connectivity index (χ3n) is 2.12. The Balaban J connectivity index is 1.94. The first-order valence-electron chi connectivity index (χ1n) is 4.79. The van der Waals surface area contributed by atoms with Crippen molar-refractivity contribution in [3.8, 4) is 0 Å². The van der Waals surface area contributed by atoms with Gasteiger partial charge in [-0.15, -0.1) is 0 Å². The average molecular weight is 212 g/mol. The van der Waals surface area contributed by atoms with E-state index in [9.17, 15) is 0 Å². The summed E-state index contributed by atoms with van der Waals surface area (Å²) >= 11 is 0. The molecule has 0 aliphatic rings. The summed E-state index contributed by atoms with van der Waals surface area (Å²) in [5, 5.41) is 14.2. The van der Waals surface area contributed by atoms with E-state index < -0.39 is 0 Å². The molecule has 3 rings (SSSR count). The Morgan fingerprint density at radius 3 is 2.81 bits per heavy atom. The van der Waals surface area contributed by atoms with Crippen molar-refractivity contribution in [2.75, 3.05) is 5.32 Å². The highest BCUT2D eigenvalue weighted by Gasteiger charge is 2.00. The number of fused-ring (bicyclic) bond motifs is 1. The van der Waals surface area contributed by atoms with Gasteiger partial charge in [0.05, 0.1) is 0 Å². The molecule has 78 valence electrons. The lowest BCUT2D eigenvalue weighted by molar-refractivity contribution is 0.821. The Morgan fingerprint density at radius 2 is 1.94 bits per heavy atom. The molecule has 0 radical (unpaired) electrons. The summed E-state index contributed by atoms with van der Waals surface area (Å²) in [7, 11) is 0. The van der Waals surface area contributed by atoms with Gasteiger partial charge in [0.2, 0.25) is 0 Å². The standard InChI is InChI=1S/C10H8N6/c1-2-4-8(5-3-1)11-9-6-7-16-10(12-9)13-14-15-16/h1-7H,(H,11,12,13,15). The molecule has 2 aromatic heterocycles. The smallest absolute Gasteiger partial charge is 0.275 e. The number of para-hydroxylation sites is 1. The van der Waals surface area contributed by atoms with Crippen LogP contribution in [0.25, 0.3) is 5.78 Å². The van der Waals surface area contributed by atoms with Crippen LogP contribution in [0.15, 0.2) is 42.6 Å². The summed E-state index contributed by atoms with van der Waals surface area (Å²) < 4.78 is 1.51. The zero-order valence-corrected chi connectivity index (χ0v) is 8.28. The molecule has 0 saturated heterocycles. The first kappa shape index (κ1) is 8.78. The van der Waals surface area contributed by atoms with Gasteiger partial charge in [-0.1, -0.05) is 23.3 Å². The third kappa shape index (κ3) is 1.56. The lowest BCUT2D eigenvalue weighted by Gasteiger charge is -2.03. The second-order valence-electron chi connectivity index (χ2n) is 3.23. The van der Waals surface area contributed by atoms with Crippen LogP contribution in [0.4, 0.5) is 11.5 Å². The van der Waals surface area contributed by atoms with Crippen molar-refractivity contribution in [3.63, 3.8) is 0 Å². The van der Waals surface area contributed by atoms with Crippen LogP contribution in [-0.2, 0) is 0 Å². The molecule has 0 aliphatic carbocycles. The van der Waals surface area contributed by atoms with E-state index in [0.717, 1.165) is 5.69 Å². The van der Waals surface area contributed by atoms with Crippen LogP contribution in [0.3, 0.4) is 0 Å². The SMILES string of the molecule is c1ccc(Nc2ccn3nnnc3n2)cc1. The maximum atomic E-state index is 4.25. The van der Waals surface area contributed by atoms with Gasteiger partial charge < -0.3 is 5.32 Å². The Hall–Kier alpha value is -2.50. The van der Waals surface area contributed by atoms with E-state index in [1.807, 2.05) is 36.4 Å². The average Bonchev–Trinajstić information content (AvgIpc) is 2.77. The minimum atomic E-state index is 0.473. The van der Waals surface area contributed by atoms with E-state index in [1.54, 1.807) is 6.20 Å². The number of tetrazole rings is 1. The van der Waals surface area contributed by atoms with E-state index in [-0.39, 0.29) is 0 Å². The normalized spacial score (nSPS) is 10.5.